The molecule has 1 N–H and O–H groups in total. The van der Waals surface area contributed by atoms with E-state index < -0.39 is 12.8 Å². The van der Waals surface area contributed by atoms with E-state index in [1.165, 1.54) is 6.42 Å². The number of ether oxygens (including phenoxy) is 1. The van der Waals surface area contributed by atoms with Gasteiger partial charge < -0.3 is 15.0 Å². The van der Waals surface area contributed by atoms with Crippen LogP contribution in [0.2, 0.25) is 0 Å². The van der Waals surface area contributed by atoms with Crippen LogP contribution in [0, 0.1) is 5.92 Å². The van der Waals surface area contributed by atoms with Crippen molar-refractivity contribution in [2.45, 2.75) is 32.0 Å². The number of alkyl halides is 3. The molecule has 1 aliphatic rings. The molecule has 0 bridgehead atoms. The lowest BCUT2D eigenvalue weighted by Gasteiger charge is -2.35. The monoisotopic (exact) mass is 268 g/mol. The Morgan fingerprint density at radius 2 is 2.17 bits per heavy atom. The number of rotatable bonds is 6. The van der Waals surface area contributed by atoms with Crippen LogP contribution in [-0.4, -0.2) is 57.0 Å². The minimum atomic E-state index is -4.22. The van der Waals surface area contributed by atoms with Crippen molar-refractivity contribution in [2.75, 3.05) is 39.9 Å². The first kappa shape index (κ1) is 15.7. The average Bonchev–Trinajstić information content (AvgIpc) is 2.33. The van der Waals surface area contributed by atoms with E-state index in [0.29, 0.717) is 18.5 Å². The molecular formula is C12H23F3N2O. The highest BCUT2D eigenvalue weighted by Gasteiger charge is 2.28. The Bertz CT molecular complexity index is 236. The summed E-state index contributed by atoms with van der Waals surface area (Å²) in [5, 5.41) is 3.24. The van der Waals surface area contributed by atoms with Crippen molar-refractivity contribution in [2.24, 2.45) is 5.92 Å². The molecule has 2 atom stereocenters. The average molecular weight is 268 g/mol. The van der Waals surface area contributed by atoms with Gasteiger partial charge in [0.15, 0.2) is 0 Å². The third-order valence-corrected chi connectivity index (χ3v) is 3.52. The minimum Gasteiger partial charge on any atom is -0.371 e. The van der Waals surface area contributed by atoms with Gasteiger partial charge in [0, 0.05) is 19.1 Å². The first-order chi connectivity index (χ1) is 8.42. The zero-order chi connectivity index (χ0) is 13.6. The molecule has 0 radical (unpaired) electrons. The van der Waals surface area contributed by atoms with E-state index in [-0.39, 0.29) is 6.61 Å². The van der Waals surface area contributed by atoms with Crippen molar-refractivity contribution in [3.8, 4) is 0 Å². The molecule has 0 amide bonds. The molecule has 1 fully saturated rings. The zero-order valence-corrected chi connectivity index (χ0v) is 11.1. The van der Waals surface area contributed by atoms with Gasteiger partial charge in [-0.3, -0.25) is 0 Å². The summed E-state index contributed by atoms with van der Waals surface area (Å²) in [4.78, 5) is 2.19. The molecule has 6 heteroatoms. The molecule has 0 aromatic rings. The summed E-state index contributed by atoms with van der Waals surface area (Å²) in [5.74, 6) is 0.575. The van der Waals surface area contributed by atoms with Gasteiger partial charge in [0.05, 0.1) is 6.61 Å². The van der Waals surface area contributed by atoms with Crippen LogP contribution in [0.15, 0.2) is 0 Å². The Hall–Kier alpha value is -0.330. The SMILES string of the molecule is CNC(C)C1CCCN(CCOCC(F)(F)F)C1. The lowest BCUT2D eigenvalue weighted by Crippen LogP contribution is -2.44. The molecule has 18 heavy (non-hydrogen) atoms. The molecule has 0 saturated carbocycles. The van der Waals surface area contributed by atoms with Crippen molar-refractivity contribution in [3.63, 3.8) is 0 Å². The Kier molecular flexibility index (Phi) is 6.38. The van der Waals surface area contributed by atoms with Crippen molar-refractivity contribution in [3.05, 3.63) is 0 Å². The summed E-state index contributed by atoms with van der Waals surface area (Å²) in [5.41, 5.74) is 0. The lowest BCUT2D eigenvalue weighted by atomic mass is 9.92. The predicted molar refractivity (Wildman–Crippen MR) is 64.6 cm³/mol. The summed E-state index contributed by atoms with van der Waals surface area (Å²) in [7, 11) is 1.94. The third-order valence-electron chi connectivity index (χ3n) is 3.52. The maximum absolute atomic E-state index is 11.9. The van der Waals surface area contributed by atoms with Crippen molar-refractivity contribution in [1.82, 2.24) is 10.2 Å². The maximum Gasteiger partial charge on any atom is 0.411 e. The van der Waals surface area contributed by atoms with Crippen molar-refractivity contribution in [1.29, 1.82) is 0 Å². The molecule has 3 nitrogen and oxygen atoms in total. The van der Waals surface area contributed by atoms with Gasteiger partial charge in [-0.2, -0.15) is 13.2 Å². The van der Waals surface area contributed by atoms with Crippen LogP contribution < -0.4 is 5.32 Å². The number of piperidine rings is 1. The Labute approximate surface area is 107 Å². The highest BCUT2D eigenvalue weighted by Crippen LogP contribution is 2.19. The fourth-order valence-corrected chi connectivity index (χ4v) is 2.32. The fourth-order valence-electron chi connectivity index (χ4n) is 2.32. The van der Waals surface area contributed by atoms with Crippen LogP contribution in [0.4, 0.5) is 13.2 Å². The first-order valence-corrected chi connectivity index (χ1v) is 6.46. The van der Waals surface area contributed by atoms with E-state index in [1.54, 1.807) is 0 Å². The molecule has 108 valence electrons. The normalized spacial score (nSPS) is 24.2. The summed E-state index contributed by atoms with van der Waals surface area (Å²) in [6, 6.07) is 0.448. The molecule has 0 aliphatic carbocycles. The fraction of sp³-hybridized carbons (Fsp3) is 1.00. The highest BCUT2D eigenvalue weighted by molar-refractivity contribution is 4.79. The third kappa shape index (κ3) is 6.02. The van der Waals surface area contributed by atoms with E-state index in [1.807, 2.05) is 7.05 Å². The molecule has 0 aromatic carbocycles. The van der Waals surface area contributed by atoms with Gasteiger partial charge in [-0.15, -0.1) is 0 Å². The van der Waals surface area contributed by atoms with Gasteiger partial charge in [-0.05, 0) is 39.3 Å². The van der Waals surface area contributed by atoms with E-state index in [4.69, 9.17) is 0 Å². The van der Waals surface area contributed by atoms with Gasteiger partial charge in [-0.25, -0.2) is 0 Å². The molecule has 1 aliphatic heterocycles. The summed E-state index contributed by atoms with van der Waals surface area (Å²) in [6.45, 7) is 3.65. The smallest absolute Gasteiger partial charge is 0.371 e. The summed E-state index contributed by atoms with van der Waals surface area (Å²) in [6.07, 6.45) is -1.93. The number of nitrogens with zero attached hydrogens (tertiary/aromatic N) is 1. The predicted octanol–water partition coefficient (Wildman–Crippen LogP) is 1.89. The van der Waals surface area contributed by atoms with Crippen LogP contribution >= 0.6 is 0 Å². The second kappa shape index (κ2) is 7.31. The number of nitrogens with one attached hydrogen (secondary N) is 1. The zero-order valence-electron chi connectivity index (χ0n) is 11.1. The van der Waals surface area contributed by atoms with Gasteiger partial charge in [0.25, 0.3) is 0 Å². The highest BCUT2D eigenvalue weighted by atomic mass is 19.4. The van der Waals surface area contributed by atoms with Gasteiger partial charge in [-0.1, -0.05) is 0 Å². The molecule has 0 spiro atoms. The number of halogens is 3. The molecule has 1 saturated heterocycles. The topological polar surface area (TPSA) is 24.5 Å². The number of hydrogen-bond donors (Lipinski definition) is 1. The Morgan fingerprint density at radius 1 is 1.44 bits per heavy atom. The van der Waals surface area contributed by atoms with E-state index in [0.717, 1.165) is 19.5 Å². The van der Waals surface area contributed by atoms with Crippen molar-refractivity contribution < 1.29 is 17.9 Å². The second-order valence-electron chi connectivity index (χ2n) is 4.95. The van der Waals surface area contributed by atoms with Crippen molar-refractivity contribution >= 4 is 0 Å². The largest absolute Gasteiger partial charge is 0.411 e. The van der Waals surface area contributed by atoms with Gasteiger partial charge in [0.1, 0.15) is 6.61 Å². The minimum absolute atomic E-state index is 0.153. The lowest BCUT2D eigenvalue weighted by molar-refractivity contribution is -0.174. The Morgan fingerprint density at radius 3 is 2.78 bits per heavy atom. The van der Waals surface area contributed by atoms with Gasteiger partial charge >= 0.3 is 6.18 Å². The Balaban J connectivity index is 2.18. The number of likely N-dealkylation sites (tertiary alicyclic amines) is 1. The van der Waals surface area contributed by atoms with Crippen LogP contribution in [0.1, 0.15) is 19.8 Å². The van der Waals surface area contributed by atoms with Crippen LogP contribution in [-0.2, 0) is 4.74 Å². The summed E-state index contributed by atoms with van der Waals surface area (Å²) >= 11 is 0. The molecular weight excluding hydrogens is 245 g/mol. The molecule has 2 unspecified atom stereocenters. The van der Waals surface area contributed by atoms with Crippen LogP contribution in [0.25, 0.3) is 0 Å². The molecule has 1 heterocycles. The number of hydrogen-bond acceptors (Lipinski definition) is 3. The first-order valence-electron chi connectivity index (χ1n) is 6.46. The quantitative estimate of drug-likeness (QED) is 0.744. The van der Waals surface area contributed by atoms with Crippen LogP contribution in [0.3, 0.4) is 0 Å². The second-order valence-corrected chi connectivity index (χ2v) is 4.95. The standard InChI is InChI=1S/C12H23F3N2O/c1-10(16-2)11-4-3-5-17(8-11)6-7-18-9-12(13,14)15/h10-11,16H,3-9H2,1-2H3. The van der Waals surface area contributed by atoms with E-state index >= 15 is 0 Å². The van der Waals surface area contributed by atoms with E-state index in [9.17, 15) is 13.2 Å². The van der Waals surface area contributed by atoms with Crippen LogP contribution in [0.5, 0.6) is 0 Å². The molecule has 0 aromatic heterocycles. The summed E-state index contributed by atoms with van der Waals surface area (Å²) < 4.78 is 40.3. The maximum atomic E-state index is 11.9. The van der Waals surface area contributed by atoms with E-state index in [2.05, 4.69) is 21.9 Å². The molecule has 1 rings (SSSR count). The van der Waals surface area contributed by atoms with Gasteiger partial charge in [0.2, 0.25) is 0 Å².